The Morgan fingerprint density at radius 1 is 1.00 bits per heavy atom. The van der Waals surface area contributed by atoms with Crippen LogP contribution in [0.5, 0.6) is 5.75 Å². The highest BCUT2D eigenvalue weighted by atomic mass is 32.2. The van der Waals surface area contributed by atoms with E-state index in [1.807, 2.05) is 13.0 Å². The summed E-state index contributed by atoms with van der Waals surface area (Å²) < 4.78 is 52.1. The fourth-order valence-corrected chi connectivity index (χ4v) is 4.07. The summed E-state index contributed by atoms with van der Waals surface area (Å²) >= 11 is 0. The second-order valence-corrected chi connectivity index (χ2v) is 8.60. The summed E-state index contributed by atoms with van der Waals surface area (Å²) in [5, 5.41) is 2.58. The van der Waals surface area contributed by atoms with E-state index in [-0.39, 0.29) is 17.0 Å². The molecule has 2 N–H and O–H groups in total. The van der Waals surface area contributed by atoms with Crippen molar-refractivity contribution in [2.24, 2.45) is 0 Å². The smallest absolute Gasteiger partial charge is 0.338 e. The average Bonchev–Trinajstić information content (AvgIpc) is 2.77. The van der Waals surface area contributed by atoms with Crippen LogP contribution >= 0.6 is 0 Å². The van der Waals surface area contributed by atoms with Gasteiger partial charge < -0.3 is 14.8 Å². The van der Waals surface area contributed by atoms with E-state index in [1.54, 1.807) is 30.3 Å². The number of methoxy groups -OCH3 is 1. The molecule has 172 valence electrons. The second-order valence-electron chi connectivity index (χ2n) is 6.94. The van der Waals surface area contributed by atoms with Crippen LogP contribution in [0.1, 0.15) is 15.9 Å². The van der Waals surface area contributed by atoms with E-state index in [0.29, 0.717) is 5.69 Å². The van der Waals surface area contributed by atoms with E-state index in [2.05, 4.69) is 10.0 Å². The minimum atomic E-state index is -4.40. The third-order valence-corrected chi connectivity index (χ3v) is 5.82. The zero-order chi connectivity index (χ0) is 24.0. The number of rotatable bonds is 8. The van der Waals surface area contributed by atoms with Gasteiger partial charge in [-0.2, -0.15) is 0 Å². The highest BCUT2D eigenvalue weighted by molar-refractivity contribution is 7.92. The van der Waals surface area contributed by atoms with Crippen molar-refractivity contribution >= 4 is 33.3 Å². The number of hydrogen-bond acceptors (Lipinski definition) is 6. The van der Waals surface area contributed by atoms with Gasteiger partial charge in [0.25, 0.3) is 15.9 Å². The Hall–Kier alpha value is -3.92. The number of para-hydroxylation sites is 2. The molecule has 8 nitrogen and oxygen atoms in total. The van der Waals surface area contributed by atoms with Crippen molar-refractivity contribution in [1.82, 2.24) is 0 Å². The molecule has 33 heavy (non-hydrogen) atoms. The molecule has 0 bridgehead atoms. The second kappa shape index (κ2) is 10.1. The van der Waals surface area contributed by atoms with Crippen molar-refractivity contribution in [2.45, 2.75) is 11.8 Å². The topological polar surface area (TPSA) is 111 Å². The number of amides is 1. The molecule has 0 aromatic heterocycles. The number of ether oxygens (including phenoxy) is 2. The van der Waals surface area contributed by atoms with Gasteiger partial charge in [0.05, 0.1) is 18.4 Å². The van der Waals surface area contributed by atoms with Crippen LogP contribution in [0.2, 0.25) is 0 Å². The highest BCUT2D eigenvalue weighted by Gasteiger charge is 2.23. The molecule has 0 spiro atoms. The number of nitrogens with one attached hydrogen (secondary N) is 2. The third kappa shape index (κ3) is 6.07. The molecule has 3 rings (SSSR count). The molecule has 3 aromatic carbocycles. The number of esters is 1. The number of hydrogen-bond donors (Lipinski definition) is 2. The van der Waals surface area contributed by atoms with Crippen molar-refractivity contribution in [3.05, 3.63) is 83.7 Å². The molecular weight excluding hydrogens is 451 g/mol. The van der Waals surface area contributed by atoms with Gasteiger partial charge in [0.1, 0.15) is 16.5 Å². The van der Waals surface area contributed by atoms with Gasteiger partial charge in [-0.05, 0) is 55.0 Å². The first-order chi connectivity index (χ1) is 15.7. The summed E-state index contributed by atoms with van der Waals surface area (Å²) in [5.74, 6) is -2.40. The fraction of sp³-hybridized carbons (Fsp3) is 0.130. The standard InChI is InChI=1S/C23H21FN2O6S/c1-15-6-5-7-17(12-15)25-22(27)14-32-23(28)16-10-11-18(24)21(13-16)33(29,30)26-19-8-3-4-9-20(19)31-2/h3-13,26H,14H2,1-2H3,(H,25,27). The van der Waals surface area contributed by atoms with E-state index in [4.69, 9.17) is 9.47 Å². The summed E-state index contributed by atoms with van der Waals surface area (Å²) in [7, 11) is -3.04. The van der Waals surface area contributed by atoms with Gasteiger partial charge in [-0.3, -0.25) is 9.52 Å². The monoisotopic (exact) mass is 472 g/mol. The zero-order valence-corrected chi connectivity index (χ0v) is 18.6. The molecule has 0 saturated carbocycles. The first-order valence-corrected chi connectivity index (χ1v) is 11.2. The summed E-state index contributed by atoms with van der Waals surface area (Å²) in [6.07, 6.45) is 0. The predicted octanol–water partition coefficient (Wildman–Crippen LogP) is 3.74. The number of carbonyl (C=O) groups is 2. The highest BCUT2D eigenvalue weighted by Crippen LogP contribution is 2.27. The average molecular weight is 472 g/mol. The predicted molar refractivity (Wildman–Crippen MR) is 120 cm³/mol. The minimum Gasteiger partial charge on any atom is -0.495 e. The summed E-state index contributed by atoms with van der Waals surface area (Å²) in [4.78, 5) is 23.6. The van der Waals surface area contributed by atoms with Crippen LogP contribution in [0.15, 0.2) is 71.6 Å². The van der Waals surface area contributed by atoms with E-state index < -0.39 is 39.2 Å². The number of anilines is 2. The maximum Gasteiger partial charge on any atom is 0.338 e. The molecule has 0 aliphatic carbocycles. The molecule has 0 aliphatic rings. The lowest BCUT2D eigenvalue weighted by atomic mass is 10.2. The molecule has 0 aliphatic heterocycles. The fourth-order valence-electron chi connectivity index (χ4n) is 2.90. The summed E-state index contributed by atoms with van der Waals surface area (Å²) in [6, 6.07) is 16.0. The molecule has 0 heterocycles. The minimum absolute atomic E-state index is 0.0974. The first-order valence-electron chi connectivity index (χ1n) is 9.68. The van der Waals surface area contributed by atoms with E-state index >= 15 is 0 Å². The lowest BCUT2D eigenvalue weighted by molar-refractivity contribution is -0.119. The van der Waals surface area contributed by atoms with Crippen LogP contribution in [0.25, 0.3) is 0 Å². The van der Waals surface area contributed by atoms with Crippen molar-refractivity contribution in [3.63, 3.8) is 0 Å². The first kappa shape index (κ1) is 23.7. The number of sulfonamides is 1. The number of benzene rings is 3. The molecule has 10 heteroatoms. The largest absolute Gasteiger partial charge is 0.495 e. The molecule has 0 atom stereocenters. The Kier molecular flexibility index (Phi) is 7.29. The van der Waals surface area contributed by atoms with E-state index in [9.17, 15) is 22.4 Å². The van der Waals surface area contributed by atoms with Crippen molar-refractivity contribution in [1.29, 1.82) is 0 Å². The summed E-state index contributed by atoms with van der Waals surface area (Å²) in [6.45, 7) is 1.25. The van der Waals surface area contributed by atoms with E-state index in [0.717, 1.165) is 23.8 Å². The van der Waals surface area contributed by atoms with Crippen molar-refractivity contribution in [3.8, 4) is 5.75 Å². The lowest BCUT2D eigenvalue weighted by Crippen LogP contribution is -2.21. The molecule has 0 unspecified atom stereocenters. The number of carbonyl (C=O) groups excluding carboxylic acids is 2. The molecular formula is C23H21FN2O6S. The van der Waals surface area contributed by atoms with Crippen molar-refractivity contribution < 1.29 is 31.9 Å². The zero-order valence-electron chi connectivity index (χ0n) is 17.8. The molecule has 3 aromatic rings. The number of halogens is 1. The van der Waals surface area contributed by atoms with Gasteiger partial charge in [0.15, 0.2) is 6.61 Å². The maximum absolute atomic E-state index is 14.3. The quantitative estimate of drug-likeness (QED) is 0.483. The van der Waals surface area contributed by atoms with Crippen LogP contribution < -0.4 is 14.8 Å². The number of aryl methyl sites for hydroxylation is 1. The van der Waals surface area contributed by atoms with Crippen LogP contribution in [0, 0.1) is 12.7 Å². The molecule has 0 radical (unpaired) electrons. The third-order valence-electron chi connectivity index (χ3n) is 4.44. The van der Waals surface area contributed by atoms with Gasteiger partial charge in [-0.1, -0.05) is 24.3 Å². The summed E-state index contributed by atoms with van der Waals surface area (Å²) in [5.41, 5.74) is 1.33. The Bertz CT molecular complexity index is 1290. The Labute approximate surface area is 190 Å². The SMILES string of the molecule is COc1ccccc1NS(=O)(=O)c1cc(C(=O)OCC(=O)Nc2cccc(C)c2)ccc1F. The molecule has 0 saturated heterocycles. The van der Waals surface area contributed by atoms with Crippen molar-refractivity contribution in [2.75, 3.05) is 23.8 Å². The van der Waals surface area contributed by atoms with Gasteiger partial charge in [0.2, 0.25) is 0 Å². The Morgan fingerprint density at radius 2 is 1.76 bits per heavy atom. The van der Waals surface area contributed by atoms with Gasteiger partial charge in [-0.15, -0.1) is 0 Å². The van der Waals surface area contributed by atoms with Crippen LogP contribution in [-0.2, 0) is 19.6 Å². The van der Waals surface area contributed by atoms with Crippen LogP contribution in [0.4, 0.5) is 15.8 Å². The molecule has 1 amide bonds. The Morgan fingerprint density at radius 3 is 2.48 bits per heavy atom. The van der Waals surface area contributed by atoms with Crippen LogP contribution in [0.3, 0.4) is 0 Å². The normalized spacial score (nSPS) is 10.9. The van der Waals surface area contributed by atoms with Gasteiger partial charge >= 0.3 is 5.97 Å². The van der Waals surface area contributed by atoms with Gasteiger partial charge in [0, 0.05) is 5.69 Å². The molecule has 0 fully saturated rings. The van der Waals surface area contributed by atoms with Crippen LogP contribution in [-0.4, -0.2) is 34.0 Å². The van der Waals surface area contributed by atoms with Gasteiger partial charge in [-0.25, -0.2) is 17.6 Å². The Balaban J connectivity index is 1.72. The lowest BCUT2D eigenvalue weighted by Gasteiger charge is -2.13. The maximum atomic E-state index is 14.3. The van der Waals surface area contributed by atoms with E-state index in [1.165, 1.54) is 19.2 Å².